The van der Waals surface area contributed by atoms with Crippen molar-refractivity contribution >= 4 is 34.3 Å². The lowest BCUT2D eigenvalue weighted by Gasteiger charge is -2.43. The predicted octanol–water partition coefficient (Wildman–Crippen LogP) is 3.43. The van der Waals surface area contributed by atoms with Crippen LogP contribution in [0.5, 0.6) is 5.75 Å². The molecule has 2 heterocycles. The molecule has 9 nitrogen and oxygen atoms in total. The van der Waals surface area contributed by atoms with Gasteiger partial charge in [-0.25, -0.2) is 9.59 Å². The van der Waals surface area contributed by atoms with Crippen molar-refractivity contribution in [2.45, 2.75) is 18.9 Å². The number of hydrogen-bond donors (Lipinski definition) is 2. The number of hydrogen-bond acceptors (Lipinski definition) is 6. The molecular formula is C29H33N3O6. The topological polar surface area (TPSA) is 111 Å². The van der Waals surface area contributed by atoms with Crippen molar-refractivity contribution in [3.8, 4) is 5.75 Å². The minimum Gasteiger partial charge on any atom is -0.495 e. The lowest BCUT2D eigenvalue weighted by molar-refractivity contribution is -0.159. The van der Waals surface area contributed by atoms with Crippen LogP contribution in [-0.2, 0) is 9.59 Å². The maximum absolute atomic E-state index is 13.3. The molecule has 3 aromatic rings. The maximum Gasteiger partial charge on any atom is 0.414 e. The molecule has 38 heavy (non-hydrogen) atoms. The number of nitrogens with zero attached hydrogens (tertiary/aromatic N) is 3. The number of piperazine rings is 1. The van der Waals surface area contributed by atoms with Crippen molar-refractivity contribution < 1.29 is 29.3 Å². The number of ether oxygens (including phenoxy) is 1. The van der Waals surface area contributed by atoms with E-state index in [-0.39, 0.29) is 5.91 Å². The van der Waals surface area contributed by atoms with Crippen LogP contribution < -0.4 is 9.64 Å². The van der Waals surface area contributed by atoms with Gasteiger partial charge in [0, 0.05) is 50.9 Å². The molecule has 9 heteroatoms. The largest absolute Gasteiger partial charge is 0.495 e. The van der Waals surface area contributed by atoms with E-state index in [1.54, 1.807) is 7.11 Å². The van der Waals surface area contributed by atoms with Crippen molar-refractivity contribution in [2.75, 3.05) is 51.3 Å². The summed E-state index contributed by atoms with van der Waals surface area (Å²) in [5, 5.41) is 17.0. The van der Waals surface area contributed by atoms with Gasteiger partial charge in [-0.3, -0.25) is 9.69 Å². The highest BCUT2D eigenvalue weighted by molar-refractivity contribution is 6.27. The van der Waals surface area contributed by atoms with Crippen LogP contribution in [0.4, 0.5) is 5.69 Å². The summed E-state index contributed by atoms with van der Waals surface area (Å²) in [5.41, 5.74) is 2.01. The number of likely N-dealkylation sites (tertiary alicyclic amines) is 1. The number of carbonyl (C=O) groups is 3. The van der Waals surface area contributed by atoms with Gasteiger partial charge in [-0.2, -0.15) is 0 Å². The van der Waals surface area contributed by atoms with Gasteiger partial charge in [0.1, 0.15) is 5.75 Å². The highest BCUT2D eigenvalue weighted by Crippen LogP contribution is 2.29. The number of methoxy groups -OCH3 is 1. The number of carboxylic acid groups (broad SMARTS) is 2. The average molecular weight is 520 g/mol. The number of benzene rings is 3. The Hall–Kier alpha value is -4.11. The molecule has 2 aliphatic rings. The normalized spacial score (nSPS) is 16.4. The summed E-state index contributed by atoms with van der Waals surface area (Å²) in [6.07, 6.45) is 2.09. The third kappa shape index (κ3) is 6.23. The molecule has 3 aromatic carbocycles. The molecule has 0 unspecified atom stereocenters. The number of anilines is 1. The van der Waals surface area contributed by atoms with E-state index < -0.39 is 11.9 Å². The van der Waals surface area contributed by atoms with Crippen LogP contribution in [0.15, 0.2) is 66.7 Å². The molecule has 0 radical (unpaired) electrons. The second-order valence-corrected chi connectivity index (χ2v) is 9.36. The molecule has 1 amide bonds. The average Bonchev–Trinajstić information content (AvgIpc) is 2.97. The molecule has 0 bridgehead atoms. The van der Waals surface area contributed by atoms with Crippen LogP contribution in [-0.4, -0.2) is 90.3 Å². The van der Waals surface area contributed by atoms with Gasteiger partial charge in [-0.05, 0) is 41.8 Å². The van der Waals surface area contributed by atoms with Crippen LogP contribution in [0.25, 0.3) is 10.8 Å². The summed E-state index contributed by atoms with van der Waals surface area (Å²) >= 11 is 0. The van der Waals surface area contributed by atoms with E-state index in [0.29, 0.717) is 6.04 Å². The molecule has 0 saturated carbocycles. The first-order valence-corrected chi connectivity index (χ1v) is 12.7. The molecule has 0 aromatic heterocycles. The summed E-state index contributed by atoms with van der Waals surface area (Å²) in [7, 11) is 1.74. The number of rotatable bonds is 4. The Balaban J connectivity index is 0.000000505. The Labute approximate surface area is 221 Å². The fraction of sp³-hybridized carbons (Fsp3) is 0.345. The van der Waals surface area contributed by atoms with Crippen molar-refractivity contribution in [3.05, 3.63) is 72.3 Å². The first kappa shape index (κ1) is 26.9. The van der Waals surface area contributed by atoms with E-state index in [4.69, 9.17) is 24.5 Å². The van der Waals surface area contributed by atoms with E-state index >= 15 is 0 Å². The van der Waals surface area contributed by atoms with Crippen LogP contribution in [0.2, 0.25) is 0 Å². The van der Waals surface area contributed by atoms with Gasteiger partial charge in [-0.1, -0.05) is 48.5 Å². The van der Waals surface area contributed by atoms with Gasteiger partial charge >= 0.3 is 11.9 Å². The Bertz CT molecular complexity index is 1260. The quantitative estimate of drug-likeness (QED) is 0.505. The number of fused-ring (bicyclic) bond motifs is 1. The van der Waals surface area contributed by atoms with Crippen LogP contribution >= 0.6 is 0 Å². The van der Waals surface area contributed by atoms with Gasteiger partial charge in [0.25, 0.3) is 5.91 Å². The monoisotopic (exact) mass is 519 g/mol. The highest BCUT2D eigenvalue weighted by atomic mass is 16.5. The third-order valence-electron chi connectivity index (χ3n) is 7.21. The molecule has 2 fully saturated rings. The Morgan fingerprint density at radius 2 is 1.37 bits per heavy atom. The zero-order valence-corrected chi connectivity index (χ0v) is 21.5. The fourth-order valence-corrected chi connectivity index (χ4v) is 5.24. The van der Waals surface area contributed by atoms with Gasteiger partial charge in [0.15, 0.2) is 0 Å². The SMILES string of the molecule is COc1ccccc1N1CCN(C2CCN(C(=O)c3cccc4ccccc34)CC2)CC1.O=C(O)C(=O)O. The summed E-state index contributed by atoms with van der Waals surface area (Å²) in [5.74, 6) is -2.53. The van der Waals surface area contributed by atoms with Gasteiger partial charge in [0.05, 0.1) is 12.8 Å². The van der Waals surface area contributed by atoms with Crippen molar-refractivity contribution in [2.24, 2.45) is 0 Å². The van der Waals surface area contributed by atoms with Crippen LogP contribution in [0.3, 0.4) is 0 Å². The fourth-order valence-electron chi connectivity index (χ4n) is 5.24. The molecule has 0 spiro atoms. The summed E-state index contributed by atoms with van der Waals surface area (Å²) < 4.78 is 5.55. The summed E-state index contributed by atoms with van der Waals surface area (Å²) in [4.78, 5) is 38.5. The zero-order chi connectivity index (χ0) is 27.1. The molecule has 0 atom stereocenters. The number of carbonyl (C=O) groups excluding carboxylic acids is 1. The maximum atomic E-state index is 13.3. The number of para-hydroxylation sites is 2. The summed E-state index contributed by atoms with van der Waals surface area (Å²) in [6, 6.07) is 23.0. The molecule has 5 rings (SSSR count). The molecule has 2 N–H and O–H groups in total. The second-order valence-electron chi connectivity index (χ2n) is 9.36. The van der Waals surface area contributed by atoms with E-state index in [1.807, 2.05) is 41.3 Å². The minimum atomic E-state index is -1.82. The highest BCUT2D eigenvalue weighted by Gasteiger charge is 2.30. The lowest BCUT2D eigenvalue weighted by Crippen LogP contribution is -2.53. The molecule has 2 saturated heterocycles. The number of piperidine rings is 1. The van der Waals surface area contributed by atoms with Crippen molar-refractivity contribution in [3.63, 3.8) is 0 Å². The first-order chi connectivity index (χ1) is 18.4. The molecule has 0 aliphatic carbocycles. The number of carboxylic acids is 2. The van der Waals surface area contributed by atoms with E-state index in [2.05, 4.69) is 40.1 Å². The first-order valence-electron chi connectivity index (χ1n) is 12.7. The molecule has 200 valence electrons. The number of amides is 1. The molecule has 2 aliphatic heterocycles. The van der Waals surface area contributed by atoms with Crippen molar-refractivity contribution in [1.29, 1.82) is 0 Å². The standard InChI is InChI=1S/C27H31N3O2.C2H2O4/c1-32-26-12-5-4-11-25(26)29-19-17-28(18-20-29)22-13-15-30(16-14-22)27(31)24-10-6-8-21-7-2-3-9-23(21)24;3-1(4)2(5)6/h2-12,22H,13-20H2,1H3;(H,3,4)(H,5,6). The smallest absolute Gasteiger partial charge is 0.414 e. The Kier molecular flexibility index (Phi) is 8.81. The third-order valence-corrected chi connectivity index (χ3v) is 7.21. The van der Waals surface area contributed by atoms with E-state index in [9.17, 15) is 4.79 Å². The second kappa shape index (κ2) is 12.4. The van der Waals surface area contributed by atoms with Gasteiger partial charge < -0.3 is 24.7 Å². The summed E-state index contributed by atoms with van der Waals surface area (Å²) in [6.45, 7) is 5.80. The Morgan fingerprint density at radius 1 is 0.763 bits per heavy atom. The van der Waals surface area contributed by atoms with Gasteiger partial charge in [0.2, 0.25) is 0 Å². The van der Waals surface area contributed by atoms with Gasteiger partial charge in [-0.15, -0.1) is 0 Å². The Morgan fingerprint density at radius 3 is 2.03 bits per heavy atom. The zero-order valence-electron chi connectivity index (χ0n) is 21.5. The van der Waals surface area contributed by atoms with Crippen LogP contribution in [0.1, 0.15) is 23.2 Å². The van der Waals surface area contributed by atoms with Crippen molar-refractivity contribution in [1.82, 2.24) is 9.80 Å². The van der Waals surface area contributed by atoms with E-state index in [1.165, 1.54) is 5.69 Å². The van der Waals surface area contributed by atoms with E-state index in [0.717, 1.165) is 74.2 Å². The molecular weight excluding hydrogens is 486 g/mol. The lowest BCUT2D eigenvalue weighted by atomic mass is 9.99. The predicted molar refractivity (Wildman–Crippen MR) is 145 cm³/mol. The van der Waals surface area contributed by atoms with Crippen LogP contribution in [0, 0.1) is 0 Å². The number of aliphatic carboxylic acids is 2. The minimum absolute atomic E-state index is 0.168.